The van der Waals surface area contributed by atoms with Crippen molar-refractivity contribution in [1.82, 2.24) is 4.90 Å². The van der Waals surface area contributed by atoms with Gasteiger partial charge >= 0.3 is 0 Å². The first-order valence-corrected chi connectivity index (χ1v) is 7.36. The number of hydrogen-bond acceptors (Lipinski definition) is 3. The van der Waals surface area contributed by atoms with E-state index in [2.05, 4.69) is 36.1 Å². The third kappa shape index (κ3) is 3.38. The standard InChI is InChI=1S/C16H24N2O2/c1-2-13-6-3-4-7-14(13)8-11-18-10-5-9-16(20,12-18)15(17)19/h3-4,6-7,20H,2,5,8-12H2,1H3,(H2,17,19). The molecule has 0 saturated carbocycles. The summed E-state index contributed by atoms with van der Waals surface area (Å²) in [4.78, 5) is 13.5. The molecule has 1 amide bonds. The maximum Gasteiger partial charge on any atom is 0.250 e. The molecular weight excluding hydrogens is 252 g/mol. The summed E-state index contributed by atoms with van der Waals surface area (Å²) in [7, 11) is 0. The summed E-state index contributed by atoms with van der Waals surface area (Å²) in [5.41, 5.74) is 6.68. The van der Waals surface area contributed by atoms with Crippen LogP contribution in [0, 0.1) is 0 Å². The Hall–Kier alpha value is -1.39. The van der Waals surface area contributed by atoms with Crippen molar-refractivity contribution in [3.63, 3.8) is 0 Å². The van der Waals surface area contributed by atoms with Crippen molar-refractivity contribution in [2.24, 2.45) is 5.73 Å². The lowest BCUT2D eigenvalue weighted by molar-refractivity contribution is -0.142. The van der Waals surface area contributed by atoms with Crippen LogP contribution in [-0.4, -0.2) is 41.1 Å². The average Bonchev–Trinajstić information content (AvgIpc) is 2.45. The van der Waals surface area contributed by atoms with E-state index in [4.69, 9.17) is 5.73 Å². The summed E-state index contributed by atoms with van der Waals surface area (Å²) >= 11 is 0. The van der Waals surface area contributed by atoms with E-state index in [1.165, 1.54) is 11.1 Å². The molecule has 4 nitrogen and oxygen atoms in total. The minimum Gasteiger partial charge on any atom is -0.379 e. The lowest BCUT2D eigenvalue weighted by atomic mass is 9.92. The fourth-order valence-corrected chi connectivity index (χ4v) is 2.94. The number of nitrogens with two attached hydrogens (primary N) is 1. The van der Waals surface area contributed by atoms with Crippen molar-refractivity contribution in [3.8, 4) is 0 Å². The van der Waals surface area contributed by atoms with Crippen molar-refractivity contribution >= 4 is 5.91 Å². The molecule has 1 heterocycles. The van der Waals surface area contributed by atoms with Gasteiger partial charge in [0.05, 0.1) is 0 Å². The number of likely N-dealkylation sites (tertiary alicyclic amines) is 1. The van der Waals surface area contributed by atoms with Crippen LogP contribution >= 0.6 is 0 Å². The predicted molar refractivity (Wildman–Crippen MR) is 79.3 cm³/mol. The zero-order valence-electron chi connectivity index (χ0n) is 12.1. The fraction of sp³-hybridized carbons (Fsp3) is 0.562. The van der Waals surface area contributed by atoms with Crippen LogP contribution in [-0.2, 0) is 17.6 Å². The van der Waals surface area contributed by atoms with E-state index in [9.17, 15) is 9.90 Å². The van der Waals surface area contributed by atoms with Gasteiger partial charge in [-0.2, -0.15) is 0 Å². The minimum absolute atomic E-state index is 0.358. The van der Waals surface area contributed by atoms with Gasteiger partial charge in [-0.05, 0) is 43.4 Å². The highest BCUT2D eigenvalue weighted by Crippen LogP contribution is 2.21. The molecule has 1 fully saturated rings. The van der Waals surface area contributed by atoms with E-state index in [-0.39, 0.29) is 0 Å². The maximum atomic E-state index is 11.3. The van der Waals surface area contributed by atoms with Gasteiger partial charge in [0.15, 0.2) is 5.60 Å². The number of rotatable bonds is 5. The zero-order valence-corrected chi connectivity index (χ0v) is 12.1. The molecule has 1 aliphatic heterocycles. The topological polar surface area (TPSA) is 66.6 Å². The lowest BCUT2D eigenvalue weighted by Crippen LogP contribution is -2.56. The Labute approximate surface area is 120 Å². The highest BCUT2D eigenvalue weighted by Gasteiger charge is 2.38. The zero-order chi connectivity index (χ0) is 14.6. The Kier molecular flexibility index (Phi) is 4.78. The van der Waals surface area contributed by atoms with Gasteiger partial charge in [0.1, 0.15) is 0 Å². The number of primary amides is 1. The molecule has 2 rings (SSSR count). The van der Waals surface area contributed by atoms with Gasteiger partial charge in [0, 0.05) is 13.1 Å². The number of aryl methyl sites for hydroxylation is 1. The van der Waals surface area contributed by atoms with Gasteiger partial charge in [-0.1, -0.05) is 31.2 Å². The fourth-order valence-electron chi connectivity index (χ4n) is 2.94. The van der Waals surface area contributed by atoms with Gasteiger partial charge in [0.25, 0.3) is 5.91 Å². The van der Waals surface area contributed by atoms with E-state index in [1.54, 1.807) is 0 Å². The van der Waals surface area contributed by atoms with Crippen LogP contribution in [0.4, 0.5) is 0 Å². The van der Waals surface area contributed by atoms with Gasteiger partial charge in [-0.25, -0.2) is 0 Å². The number of benzene rings is 1. The molecule has 0 radical (unpaired) electrons. The molecular formula is C16H24N2O2. The van der Waals surface area contributed by atoms with Crippen LogP contribution in [0.5, 0.6) is 0 Å². The van der Waals surface area contributed by atoms with Crippen molar-refractivity contribution in [2.75, 3.05) is 19.6 Å². The Morgan fingerprint density at radius 1 is 1.40 bits per heavy atom. The second-order valence-corrected chi connectivity index (χ2v) is 5.65. The lowest BCUT2D eigenvalue weighted by Gasteiger charge is -2.37. The Morgan fingerprint density at radius 2 is 2.10 bits per heavy atom. The van der Waals surface area contributed by atoms with Crippen LogP contribution in [0.3, 0.4) is 0 Å². The Bertz CT molecular complexity index is 475. The quantitative estimate of drug-likeness (QED) is 0.846. The Balaban J connectivity index is 1.95. The number of aliphatic hydroxyl groups is 1. The molecule has 1 unspecified atom stereocenters. The number of carbonyl (C=O) groups excluding carboxylic acids is 1. The molecule has 1 saturated heterocycles. The molecule has 1 atom stereocenters. The molecule has 110 valence electrons. The van der Waals surface area contributed by atoms with Gasteiger partial charge in [-0.15, -0.1) is 0 Å². The van der Waals surface area contributed by atoms with E-state index >= 15 is 0 Å². The number of piperidine rings is 1. The molecule has 0 spiro atoms. The normalized spacial score (nSPS) is 23.7. The molecule has 0 bridgehead atoms. The molecule has 0 aliphatic carbocycles. The van der Waals surface area contributed by atoms with E-state index in [0.717, 1.165) is 32.4 Å². The summed E-state index contributed by atoms with van der Waals surface area (Å²) in [6.45, 7) is 4.29. The largest absolute Gasteiger partial charge is 0.379 e. The van der Waals surface area contributed by atoms with Gasteiger partial charge in [0.2, 0.25) is 0 Å². The minimum atomic E-state index is -1.34. The summed E-state index contributed by atoms with van der Waals surface area (Å²) < 4.78 is 0. The monoisotopic (exact) mass is 276 g/mol. The number of amides is 1. The summed E-state index contributed by atoms with van der Waals surface area (Å²) in [5.74, 6) is -0.601. The molecule has 4 heteroatoms. The van der Waals surface area contributed by atoms with Gasteiger partial charge in [-0.3, -0.25) is 9.69 Å². The third-order valence-electron chi connectivity index (χ3n) is 4.21. The van der Waals surface area contributed by atoms with Crippen LogP contribution in [0.25, 0.3) is 0 Å². The van der Waals surface area contributed by atoms with E-state index in [1.807, 2.05) is 0 Å². The predicted octanol–water partition coefficient (Wildman–Crippen LogP) is 1.10. The summed E-state index contributed by atoms with van der Waals surface area (Å²) in [6, 6.07) is 8.44. The van der Waals surface area contributed by atoms with Crippen molar-refractivity contribution < 1.29 is 9.90 Å². The molecule has 1 aromatic carbocycles. The van der Waals surface area contributed by atoms with Crippen LogP contribution in [0.15, 0.2) is 24.3 Å². The Morgan fingerprint density at radius 3 is 2.75 bits per heavy atom. The average molecular weight is 276 g/mol. The summed E-state index contributed by atoms with van der Waals surface area (Å²) in [6.07, 6.45) is 3.26. The second kappa shape index (κ2) is 6.37. The smallest absolute Gasteiger partial charge is 0.250 e. The number of β-amino-alcohol motifs (C(OH)–C–C–N with tert-alkyl or cyclic N) is 1. The van der Waals surface area contributed by atoms with E-state index < -0.39 is 11.5 Å². The molecule has 1 aliphatic rings. The number of carbonyl (C=O) groups is 1. The first-order chi connectivity index (χ1) is 9.55. The SMILES string of the molecule is CCc1ccccc1CCN1CCCC(O)(C(N)=O)C1. The second-order valence-electron chi connectivity index (χ2n) is 5.65. The van der Waals surface area contributed by atoms with Crippen LogP contribution in [0.1, 0.15) is 30.9 Å². The van der Waals surface area contributed by atoms with Gasteiger partial charge < -0.3 is 10.8 Å². The van der Waals surface area contributed by atoms with Crippen molar-refractivity contribution in [2.45, 2.75) is 38.2 Å². The molecule has 3 N–H and O–H groups in total. The van der Waals surface area contributed by atoms with E-state index in [0.29, 0.717) is 13.0 Å². The molecule has 1 aromatic rings. The van der Waals surface area contributed by atoms with Crippen LogP contribution in [0.2, 0.25) is 0 Å². The maximum absolute atomic E-state index is 11.3. The number of nitrogens with zero attached hydrogens (tertiary/aromatic N) is 1. The third-order valence-corrected chi connectivity index (χ3v) is 4.21. The first kappa shape index (κ1) is 15.0. The highest BCUT2D eigenvalue weighted by atomic mass is 16.3. The molecule has 20 heavy (non-hydrogen) atoms. The summed E-state index contributed by atoms with van der Waals surface area (Å²) in [5, 5.41) is 10.2. The highest BCUT2D eigenvalue weighted by molar-refractivity contribution is 5.83. The van der Waals surface area contributed by atoms with Crippen molar-refractivity contribution in [3.05, 3.63) is 35.4 Å². The molecule has 0 aromatic heterocycles. The first-order valence-electron chi connectivity index (χ1n) is 7.36. The number of hydrogen-bond donors (Lipinski definition) is 2. The van der Waals surface area contributed by atoms with Crippen LogP contribution < -0.4 is 5.73 Å². The van der Waals surface area contributed by atoms with Crippen molar-refractivity contribution in [1.29, 1.82) is 0 Å².